The van der Waals surface area contributed by atoms with Gasteiger partial charge >= 0.3 is 0 Å². The highest BCUT2D eigenvalue weighted by molar-refractivity contribution is 5.33. The first-order valence-corrected chi connectivity index (χ1v) is 7.04. The molecule has 1 N–H and O–H groups in total. The van der Waals surface area contributed by atoms with Crippen molar-refractivity contribution in [2.45, 2.75) is 52.1 Å². The number of nitrogens with zero attached hydrogens (tertiary/aromatic N) is 1. The van der Waals surface area contributed by atoms with E-state index < -0.39 is 0 Å². The van der Waals surface area contributed by atoms with Crippen molar-refractivity contribution in [2.24, 2.45) is 0 Å². The van der Waals surface area contributed by atoms with Crippen molar-refractivity contribution in [3.8, 4) is 11.8 Å². The molecule has 3 nitrogen and oxygen atoms in total. The molecule has 0 aliphatic rings. The van der Waals surface area contributed by atoms with Crippen LogP contribution in [0.2, 0.25) is 0 Å². The van der Waals surface area contributed by atoms with E-state index in [9.17, 15) is 0 Å². The average molecular weight is 260 g/mol. The molecular formula is C16H24N2O. The molecular weight excluding hydrogens is 236 g/mol. The Bertz CT molecular complexity index is 411. The summed E-state index contributed by atoms with van der Waals surface area (Å²) < 4.78 is 5.45. The van der Waals surface area contributed by atoms with E-state index in [2.05, 4.69) is 26.1 Å². The van der Waals surface area contributed by atoms with Crippen LogP contribution in [-0.4, -0.2) is 12.1 Å². The van der Waals surface area contributed by atoms with E-state index in [4.69, 9.17) is 10.00 Å². The monoisotopic (exact) mass is 260 g/mol. The minimum Gasteiger partial charge on any atom is -0.478 e. The van der Waals surface area contributed by atoms with E-state index in [1.54, 1.807) is 0 Å². The molecule has 0 aliphatic carbocycles. The molecule has 3 heteroatoms. The van der Waals surface area contributed by atoms with Gasteiger partial charge in [0, 0.05) is 17.6 Å². The Kier molecular flexibility index (Phi) is 6.38. The van der Waals surface area contributed by atoms with Crippen LogP contribution in [0.4, 0.5) is 0 Å². The molecule has 0 atom stereocenters. The van der Waals surface area contributed by atoms with Crippen LogP contribution in [0.15, 0.2) is 24.3 Å². The second-order valence-corrected chi connectivity index (χ2v) is 4.75. The van der Waals surface area contributed by atoms with Crippen LogP contribution in [0, 0.1) is 11.3 Å². The standard InChI is InChI=1S/C16H24N2O/c1-4-16(5-2,6-3)18-13-14-9-7-8-10-15(14)19-12-11-17/h7-10,18H,4-6,12-13H2,1-3H3. The van der Waals surface area contributed by atoms with E-state index in [0.29, 0.717) is 0 Å². The topological polar surface area (TPSA) is 45.0 Å². The third kappa shape index (κ3) is 4.25. The Hall–Kier alpha value is -1.53. The van der Waals surface area contributed by atoms with Gasteiger partial charge in [-0.1, -0.05) is 39.0 Å². The van der Waals surface area contributed by atoms with Crippen molar-refractivity contribution in [3.05, 3.63) is 29.8 Å². The van der Waals surface area contributed by atoms with E-state index in [1.807, 2.05) is 30.3 Å². The van der Waals surface area contributed by atoms with Gasteiger partial charge in [0.15, 0.2) is 6.61 Å². The van der Waals surface area contributed by atoms with Crippen LogP contribution in [0.1, 0.15) is 45.6 Å². The highest BCUT2D eigenvalue weighted by atomic mass is 16.5. The van der Waals surface area contributed by atoms with Gasteiger partial charge in [-0.15, -0.1) is 0 Å². The number of hydrogen-bond acceptors (Lipinski definition) is 3. The largest absolute Gasteiger partial charge is 0.478 e. The quantitative estimate of drug-likeness (QED) is 0.776. The Balaban J connectivity index is 2.74. The lowest BCUT2D eigenvalue weighted by Gasteiger charge is -2.32. The summed E-state index contributed by atoms with van der Waals surface area (Å²) in [6.45, 7) is 7.53. The molecule has 0 radical (unpaired) electrons. The van der Waals surface area contributed by atoms with Crippen molar-refractivity contribution in [1.29, 1.82) is 5.26 Å². The van der Waals surface area contributed by atoms with Gasteiger partial charge < -0.3 is 10.1 Å². The predicted molar refractivity (Wildman–Crippen MR) is 78.0 cm³/mol. The van der Waals surface area contributed by atoms with Gasteiger partial charge in [-0.05, 0) is 25.3 Å². The second-order valence-electron chi connectivity index (χ2n) is 4.75. The number of rotatable bonds is 8. The molecule has 0 saturated carbocycles. The summed E-state index contributed by atoms with van der Waals surface area (Å²) in [5, 5.41) is 12.3. The van der Waals surface area contributed by atoms with Crippen molar-refractivity contribution >= 4 is 0 Å². The van der Waals surface area contributed by atoms with Gasteiger partial charge in [-0.25, -0.2) is 0 Å². The smallest absolute Gasteiger partial charge is 0.174 e. The summed E-state index contributed by atoms with van der Waals surface area (Å²) >= 11 is 0. The third-order valence-corrected chi connectivity index (χ3v) is 3.95. The van der Waals surface area contributed by atoms with Crippen molar-refractivity contribution in [2.75, 3.05) is 6.61 Å². The summed E-state index contributed by atoms with van der Waals surface area (Å²) in [6, 6.07) is 9.91. The van der Waals surface area contributed by atoms with Gasteiger partial charge in [-0.2, -0.15) is 5.26 Å². The van der Waals surface area contributed by atoms with Crippen molar-refractivity contribution in [1.82, 2.24) is 5.32 Å². The zero-order valence-electron chi connectivity index (χ0n) is 12.2. The number of benzene rings is 1. The maximum atomic E-state index is 8.60. The summed E-state index contributed by atoms with van der Waals surface area (Å²) in [5.74, 6) is 0.800. The normalized spacial score (nSPS) is 11.1. The lowest BCUT2D eigenvalue weighted by atomic mass is 9.89. The third-order valence-electron chi connectivity index (χ3n) is 3.95. The van der Waals surface area contributed by atoms with Gasteiger partial charge in [-0.3, -0.25) is 0 Å². The Morgan fingerprint density at radius 1 is 1.16 bits per heavy atom. The maximum absolute atomic E-state index is 8.60. The van der Waals surface area contributed by atoms with Crippen LogP contribution in [0.3, 0.4) is 0 Å². The lowest BCUT2D eigenvalue weighted by molar-refractivity contribution is 0.284. The maximum Gasteiger partial charge on any atom is 0.174 e. The molecule has 0 fully saturated rings. The first-order chi connectivity index (χ1) is 9.21. The minimum absolute atomic E-state index is 0.0947. The van der Waals surface area contributed by atoms with E-state index in [0.717, 1.165) is 37.1 Å². The fourth-order valence-electron chi connectivity index (χ4n) is 2.31. The van der Waals surface area contributed by atoms with E-state index >= 15 is 0 Å². The molecule has 0 aromatic heterocycles. The highest BCUT2D eigenvalue weighted by Gasteiger charge is 2.22. The summed E-state index contributed by atoms with van der Waals surface area (Å²) in [5.41, 5.74) is 1.31. The molecule has 19 heavy (non-hydrogen) atoms. The van der Waals surface area contributed by atoms with Crippen LogP contribution in [0.25, 0.3) is 0 Å². The zero-order chi connectivity index (χ0) is 14.1. The van der Waals surface area contributed by atoms with Gasteiger partial charge in [0.05, 0.1) is 0 Å². The molecule has 0 heterocycles. The Morgan fingerprint density at radius 2 is 1.79 bits per heavy atom. The summed E-state index contributed by atoms with van der Waals surface area (Å²) in [7, 11) is 0. The fraction of sp³-hybridized carbons (Fsp3) is 0.562. The molecule has 0 aliphatic heterocycles. The first-order valence-electron chi connectivity index (χ1n) is 7.04. The van der Waals surface area contributed by atoms with Crippen LogP contribution >= 0.6 is 0 Å². The molecule has 0 spiro atoms. The van der Waals surface area contributed by atoms with Gasteiger partial charge in [0.25, 0.3) is 0 Å². The molecule has 0 unspecified atom stereocenters. The molecule has 104 valence electrons. The van der Waals surface area contributed by atoms with Crippen molar-refractivity contribution in [3.63, 3.8) is 0 Å². The van der Waals surface area contributed by atoms with E-state index in [1.165, 1.54) is 0 Å². The Morgan fingerprint density at radius 3 is 2.37 bits per heavy atom. The van der Waals surface area contributed by atoms with Crippen LogP contribution in [-0.2, 0) is 6.54 Å². The van der Waals surface area contributed by atoms with Crippen molar-refractivity contribution < 1.29 is 4.74 Å². The SMILES string of the molecule is CCC(CC)(CC)NCc1ccccc1OCC#N. The molecule has 0 bridgehead atoms. The van der Waals surface area contributed by atoms with E-state index in [-0.39, 0.29) is 12.1 Å². The van der Waals surface area contributed by atoms with Crippen LogP contribution in [0.5, 0.6) is 5.75 Å². The fourth-order valence-corrected chi connectivity index (χ4v) is 2.31. The lowest BCUT2D eigenvalue weighted by Crippen LogP contribution is -2.43. The Labute approximate surface area is 116 Å². The molecule has 1 rings (SSSR count). The summed E-state index contributed by atoms with van der Waals surface area (Å²) in [6.07, 6.45) is 3.34. The minimum atomic E-state index is 0.0947. The first kappa shape index (κ1) is 15.5. The molecule has 0 saturated heterocycles. The summed E-state index contributed by atoms with van der Waals surface area (Å²) in [4.78, 5) is 0. The van der Waals surface area contributed by atoms with Gasteiger partial charge in [0.1, 0.15) is 11.8 Å². The number of hydrogen-bond donors (Lipinski definition) is 1. The highest BCUT2D eigenvalue weighted by Crippen LogP contribution is 2.23. The second kappa shape index (κ2) is 7.81. The van der Waals surface area contributed by atoms with Gasteiger partial charge in [0.2, 0.25) is 0 Å². The average Bonchev–Trinajstić information content (AvgIpc) is 2.48. The number of para-hydroxylation sites is 1. The number of nitriles is 1. The predicted octanol–water partition coefficient (Wildman–Crippen LogP) is 3.65. The molecule has 0 amide bonds. The number of nitrogens with one attached hydrogen (secondary N) is 1. The zero-order valence-corrected chi connectivity index (χ0v) is 12.2. The molecule has 1 aromatic rings. The van der Waals surface area contributed by atoms with Crippen LogP contribution < -0.4 is 10.1 Å². The molecule has 1 aromatic carbocycles. The number of ether oxygens (including phenoxy) is 1.